The zero-order valence-electron chi connectivity index (χ0n) is 14.6. The van der Waals surface area contributed by atoms with Gasteiger partial charge in [0.25, 0.3) is 5.91 Å². The predicted molar refractivity (Wildman–Crippen MR) is 96.5 cm³/mol. The van der Waals surface area contributed by atoms with Crippen LogP contribution in [0.4, 0.5) is 11.5 Å². The van der Waals surface area contributed by atoms with Gasteiger partial charge in [-0.2, -0.15) is 0 Å². The molecule has 134 valence electrons. The van der Waals surface area contributed by atoms with Crippen LogP contribution in [-0.2, 0) is 9.59 Å². The summed E-state index contributed by atoms with van der Waals surface area (Å²) < 4.78 is 5.40. The van der Waals surface area contributed by atoms with Crippen molar-refractivity contribution >= 4 is 29.1 Å². The topological polar surface area (TPSA) is 88.6 Å². The number of ketones is 1. The molecule has 0 unspecified atom stereocenters. The summed E-state index contributed by atoms with van der Waals surface area (Å²) in [5, 5.41) is 2.72. The molecule has 7 heteroatoms. The molecule has 2 amide bonds. The lowest BCUT2D eigenvalue weighted by atomic mass is 10.1. The first kappa shape index (κ1) is 17.6. The Hall–Kier alpha value is -3.22. The smallest absolute Gasteiger partial charge is 0.265 e. The van der Waals surface area contributed by atoms with Crippen molar-refractivity contribution in [3.05, 3.63) is 47.7 Å². The molecule has 0 bridgehead atoms. The van der Waals surface area contributed by atoms with Gasteiger partial charge in [-0.05, 0) is 49.7 Å². The number of nitrogens with zero attached hydrogens (tertiary/aromatic N) is 2. The van der Waals surface area contributed by atoms with Gasteiger partial charge in [-0.3, -0.25) is 14.4 Å². The molecule has 0 saturated heterocycles. The Kier molecular flexibility index (Phi) is 4.97. The highest BCUT2D eigenvalue weighted by molar-refractivity contribution is 6.02. The Balaban J connectivity index is 1.71. The van der Waals surface area contributed by atoms with Crippen molar-refractivity contribution in [2.24, 2.45) is 0 Å². The number of aromatic nitrogens is 1. The van der Waals surface area contributed by atoms with E-state index in [4.69, 9.17) is 4.74 Å². The van der Waals surface area contributed by atoms with E-state index in [-0.39, 0.29) is 37.2 Å². The molecule has 1 aliphatic rings. The van der Waals surface area contributed by atoms with Crippen LogP contribution in [-0.4, -0.2) is 35.7 Å². The molecule has 2 aromatic rings. The van der Waals surface area contributed by atoms with E-state index >= 15 is 0 Å². The minimum absolute atomic E-state index is 0.0898. The highest BCUT2D eigenvalue weighted by atomic mass is 16.5. The minimum Gasteiger partial charge on any atom is -0.482 e. The van der Waals surface area contributed by atoms with E-state index in [0.29, 0.717) is 22.8 Å². The number of rotatable bonds is 5. The number of aryl methyl sites for hydroxylation is 1. The fourth-order valence-corrected chi connectivity index (χ4v) is 2.69. The van der Waals surface area contributed by atoms with E-state index in [1.807, 2.05) is 13.0 Å². The van der Waals surface area contributed by atoms with Crippen LogP contribution in [0.2, 0.25) is 0 Å². The lowest BCUT2D eigenvalue weighted by molar-refractivity contribution is -0.121. The lowest BCUT2D eigenvalue weighted by Crippen LogP contribution is -2.40. The third-order valence-electron chi connectivity index (χ3n) is 4.05. The fraction of sp³-hybridized carbons (Fsp3) is 0.263. The zero-order valence-corrected chi connectivity index (χ0v) is 14.6. The number of amides is 2. The monoisotopic (exact) mass is 353 g/mol. The number of pyridine rings is 1. The van der Waals surface area contributed by atoms with Crippen LogP contribution in [0.1, 0.15) is 29.3 Å². The Morgan fingerprint density at radius 2 is 2.08 bits per heavy atom. The van der Waals surface area contributed by atoms with Gasteiger partial charge >= 0.3 is 0 Å². The Bertz CT molecular complexity index is 879. The predicted octanol–water partition coefficient (Wildman–Crippen LogP) is 2.35. The normalized spacial score (nSPS) is 13.0. The van der Waals surface area contributed by atoms with Crippen LogP contribution in [0, 0.1) is 6.92 Å². The van der Waals surface area contributed by atoms with Gasteiger partial charge in [-0.15, -0.1) is 0 Å². The van der Waals surface area contributed by atoms with Gasteiger partial charge in [0.05, 0.1) is 5.69 Å². The molecular weight excluding hydrogens is 334 g/mol. The van der Waals surface area contributed by atoms with Gasteiger partial charge in [0.15, 0.2) is 12.4 Å². The third kappa shape index (κ3) is 3.88. The van der Waals surface area contributed by atoms with Crippen molar-refractivity contribution in [1.82, 2.24) is 4.98 Å². The number of carbonyl (C=O) groups excluding carboxylic acids is 3. The highest BCUT2D eigenvalue weighted by Gasteiger charge is 2.26. The van der Waals surface area contributed by atoms with Crippen molar-refractivity contribution in [1.29, 1.82) is 0 Å². The van der Waals surface area contributed by atoms with Crippen molar-refractivity contribution < 1.29 is 19.1 Å². The van der Waals surface area contributed by atoms with Crippen LogP contribution < -0.4 is 15.0 Å². The molecule has 1 N–H and O–H groups in total. The van der Waals surface area contributed by atoms with Gasteiger partial charge in [-0.1, -0.05) is 0 Å². The molecule has 0 aliphatic carbocycles. The number of ether oxygens (including phenoxy) is 1. The fourth-order valence-electron chi connectivity index (χ4n) is 2.69. The number of hydrogen-bond donors (Lipinski definition) is 1. The minimum atomic E-state index is -0.250. The van der Waals surface area contributed by atoms with Gasteiger partial charge in [0, 0.05) is 24.7 Å². The molecular formula is C19H19N3O4. The molecule has 0 fully saturated rings. The molecule has 7 nitrogen and oxygen atoms in total. The van der Waals surface area contributed by atoms with E-state index in [0.717, 1.165) is 5.56 Å². The van der Waals surface area contributed by atoms with E-state index in [1.54, 1.807) is 30.5 Å². The molecule has 0 atom stereocenters. The number of nitrogens with one attached hydrogen (secondary N) is 1. The summed E-state index contributed by atoms with van der Waals surface area (Å²) in [6.07, 6.45) is 1.72. The number of fused-ring (bicyclic) bond motifs is 1. The second-order valence-corrected chi connectivity index (χ2v) is 6.09. The molecule has 1 aromatic heterocycles. The van der Waals surface area contributed by atoms with E-state index in [1.165, 1.54) is 11.8 Å². The van der Waals surface area contributed by atoms with Crippen LogP contribution in [0.15, 0.2) is 36.5 Å². The standard InChI is InChI=1S/C19H19N3O4/c1-12-5-7-20-17(9-12)21-18(24)6-8-22-15-10-14(13(2)23)3-4-16(15)26-11-19(22)25/h3-5,7,9-10H,6,8,11H2,1-2H3,(H,20,21,24). The van der Waals surface area contributed by atoms with Crippen molar-refractivity contribution in [2.45, 2.75) is 20.3 Å². The molecule has 26 heavy (non-hydrogen) atoms. The van der Waals surface area contributed by atoms with Crippen molar-refractivity contribution in [3.63, 3.8) is 0 Å². The van der Waals surface area contributed by atoms with Crippen LogP contribution >= 0.6 is 0 Å². The number of benzene rings is 1. The number of hydrogen-bond acceptors (Lipinski definition) is 5. The lowest BCUT2D eigenvalue weighted by Gasteiger charge is -2.29. The van der Waals surface area contributed by atoms with Crippen LogP contribution in [0.5, 0.6) is 5.75 Å². The van der Waals surface area contributed by atoms with E-state index < -0.39 is 0 Å². The first-order valence-corrected chi connectivity index (χ1v) is 8.24. The van der Waals surface area contributed by atoms with Crippen LogP contribution in [0.3, 0.4) is 0 Å². The van der Waals surface area contributed by atoms with Gasteiger partial charge in [0.1, 0.15) is 11.6 Å². The molecule has 1 aromatic carbocycles. The largest absolute Gasteiger partial charge is 0.482 e. The maximum atomic E-state index is 12.2. The summed E-state index contributed by atoms with van der Waals surface area (Å²) in [4.78, 5) is 41.6. The van der Waals surface area contributed by atoms with Crippen molar-refractivity contribution in [3.8, 4) is 5.75 Å². The second-order valence-electron chi connectivity index (χ2n) is 6.09. The Morgan fingerprint density at radius 1 is 1.27 bits per heavy atom. The number of carbonyl (C=O) groups is 3. The quantitative estimate of drug-likeness (QED) is 0.834. The van der Waals surface area contributed by atoms with E-state index in [9.17, 15) is 14.4 Å². The molecule has 1 aliphatic heterocycles. The highest BCUT2D eigenvalue weighted by Crippen LogP contribution is 2.33. The average molecular weight is 353 g/mol. The zero-order chi connectivity index (χ0) is 18.7. The molecule has 0 saturated carbocycles. The maximum Gasteiger partial charge on any atom is 0.265 e. The van der Waals surface area contributed by atoms with Crippen LogP contribution in [0.25, 0.3) is 0 Å². The first-order valence-electron chi connectivity index (χ1n) is 8.24. The maximum absolute atomic E-state index is 12.2. The number of anilines is 2. The second kappa shape index (κ2) is 7.35. The summed E-state index contributed by atoms with van der Waals surface area (Å²) >= 11 is 0. The van der Waals surface area contributed by atoms with E-state index in [2.05, 4.69) is 10.3 Å². The third-order valence-corrected chi connectivity index (χ3v) is 4.05. The summed E-state index contributed by atoms with van der Waals surface area (Å²) in [5.74, 6) is 0.401. The number of Topliss-reactive ketones (excluding diaryl/α,β-unsaturated/α-hetero) is 1. The SMILES string of the molecule is CC(=O)c1ccc2c(c1)N(CCC(=O)Nc1cc(C)ccn1)C(=O)CO2. The van der Waals surface area contributed by atoms with Gasteiger partial charge in [0.2, 0.25) is 5.91 Å². The van der Waals surface area contributed by atoms with Gasteiger partial charge < -0.3 is 15.0 Å². The summed E-state index contributed by atoms with van der Waals surface area (Å²) in [7, 11) is 0. The summed E-state index contributed by atoms with van der Waals surface area (Å²) in [5.41, 5.74) is 1.99. The first-order chi connectivity index (χ1) is 12.4. The van der Waals surface area contributed by atoms with Crippen molar-refractivity contribution in [2.75, 3.05) is 23.4 Å². The Labute approximate surface area is 151 Å². The van der Waals surface area contributed by atoms with Gasteiger partial charge in [-0.25, -0.2) is 4.98 Å². The molecule has 0 radical (unpaired) electrons. The average Bonchev–Trinajstić information content (AvgIpc) is 2.60. The summed E-state index contributed by atoms with van der Waals surface area (Å²) in [6.45, 7) is 3.47. The molecule has 3 rings (SSSR count). The molecule has 0 spiro atoms. The molecule has 2 heterocycles. The summed E-state index contributed by atoms with van der Waals surface area (Å²) in [6, 6.07) is 8.56. The Morgan fingerprint density at radius 3 is 2.81 bits per heavy atom.